The number of amides is 1. The standard InChI is InChI=1S/C25H27BN2O2/c1-27(2)17-18-28(19-20-9-5-3-6-10-20)25(29)24(21-11-7-4-8-12-21)30-23-15-13-22(26)14-16-23/h3-16,24H,17-19H2,1-2H3. The third-order valence-electron chi connectivity index (χ3n) is 4.81. The number of ether oxygens (including phenoxy) is 1. The SMILES string of the molecule is [B]c1ccc(OC(C(=O)N(CCN(C)C)Cc2ccccc2)c2ccccc2)cc1. The van der Waals surface area contributed by atoms with Crippen LogP contribution in [0.5, 0.6) is 5.75 Å². The van der Waals surface area contributed by atoms with Crippen LogP contribution >= 0.6 is 0 Å². The Bertz CT molecular complexity index is 915. The zero-order chi connectivity index (χ0) is 21.3. The van der Waals surface area contributed by atoms with Crippen molar-refractivity contribution in [3.05, 3.63) is 96.1 Å². The maximum Gasteiger partial charge on any atom is 0.268 e. The van der Waals surface area contributed by atoms with E-state index in [4.69, 9.17) is 12.6 Å². The van der Waals surface area contributed by atoms with Crippen molar-refractivity contribution in [2.24, 2.45) is 0 Å². The van der Waals surface area contributed by atoms with Crippen molar-refractivity contribution in [2.75, 3.05) is 27.2 Å². The number of carbonyl (C=O) groups is 1. The highest BCUT2D eigenvalue weighted by atomic mass is 16.5. The molecule has 5 heteroatoms. The van der Waals surface area contributed by atoms with E-state index in [0.717, 1.165) is 17.7 Å². The molecular formula is C25H27BN2O2. The fraction of sp³-hybridized carbons (Fsp3) is 0.240. The number of carbonyl (C=O) groups excluding carboxylic acids is 1. The molecule has 1 atom stereocenters. The van der Waals surface area contributed by atoms with Crippen molar-refractivity contribution < 1.29 is 9.53 Å². The molecule has 0 saturated carbocycles. The van der Waals surface area contributed by atoms with E-state index in [-0.39, 0.29) is 5.91 Å². The van der Waals surface area contributed by atoms with Gasteiger partial charge in [-0.2, -0.15) is 0 Å². The second-order valence-electron chi connectivity index (χ2n) is 7.53. The van der Waals surface area contributed by atoms with Gasteiger partial charge in [0.15, 0.2) is 0 Å². The van der Waals surface area contributed by atoms with Gasteiger partial charge in [-0.15, -0.1) is 0 Å². The molecule has 30 heavy (non-hydrogen) atoms. The van der Waals surface area contributed by atoms with Gasteiger partial charge in [-0.05, 0) is 31.8 Å². The summed E-state index contributed by atoms with van der Waals surface area (Å²) < 4.78 is 6.18. The monoisotopic (exact) mass is 398 g/mol. The van der Waals surface area contributed by atoms with Gasteiger partial charge in [0, 0.05) is 25.2 Å². The summed E-state index contributed by atoms with van der Waals surface area (Å²) in [5, 5.41) is 0. The molecule has 0 aliphatic heterocycles. The first-order valence-corrected chi connectivity index (χ1v) is 10.1. The summed E-state index contributed by atoms with van der Waals surface area (Å²) in [7, 11) is 9.80. The van der Waals surface area contributed by atoms with Crippen LogP contribution in [0.15, 0.2) is 84.9 Å². The molecule has 0 heterocycles. The smallest absolute Gasteiger partial charge is 0.268 e. The van der Waals surface area contributed by atoms with E-state index in [9.17, 15) is 4.79 Å². The van der Waals surface area contributed by atoms with Crippen molar-refractivity contribution in [1.82, 2.24) is 9.80 Å². The molecule has 152 valence electrons. The normalized spacial score (nSPS) is 11.8. The highest BCUT2D eigenvalue weighted by Gasteiger charge is 2.28. The predicted octanol–water partition coefficient (Wildman–Crippen LogP) is 3.19. The topological polar surface area (TPSA) is 32.8 Å². The molecule has 0 bridgehead atoms. The summed E-state index contributed by atoms with van der Waals surface area (Å²) in [6.45, 7) is 1.90. The van der Waals surface area contributed by atoms with Gasteiger partial charge in [0.1, 0.15) is 13.6 Å². The summed E-state index contributed by atoms with van der Waals surface area (Å²) in [6.07, 6.45) is -0.735. The number of hydrogen-bond donors (Lipinski definition) is 0. The fourth-order valence-electron chi connectivity index (χ4n) is 3.13. The summed E-state index contributed by atoms with van der Waals surface area (Å²) >= 11 is 0. The lowest BCUT2D eigenvalue weighted by Gasteiger charge is -2.29. The maximum absolute atomic E-state index is 13.7. The second-order valence-corrected chi connectivity index (χ2v) is 7.53. The van der Waals surface area contributed by atoms with Crippen molar-refractivity contribution in [2.45, 2.75) is 12.6 Å². The molecule has 0 N–H and O–H groups in total. The van der Waals surface area contributed by atoms with Crippen LogP contribution in [0.4, 0.5) is 0 Å². The van der Waals surface area contributed by atoms with Gasteiger partial charge in [0.25, 0.3) is 5.91 Å². The van der Waals surface area contributed by atoms with E-state index < -0.39 is 6.10 Å². The number of hydrogen-bond acceptors (Lipinski definition) is 3. The molecule has 0 aromatic heterocycles. The molecule has 3 aromatic rings. The fourth-order valence-corrected chi connectivity index (χ4v) is 3.13. The van der Waals surface area contributed by atoms with Gasteiger partial charge in [-0.3, -0.25) is 4.79 Å². The average molecular weight is 398 g/mol. The summed E-state index contributed by atoms with van der Waals surface area (Å²) in [6, 6.07) is 26.8. The molecule has 0 spiro atoms. The van der Waals surface area contributed by atoms with Crippen molar-refractivity contribution in [1.29, 1.82) is 0 Å². The Hall–Kier alpha value is -3.05. The molecule has 0 saturated heterocycles. The van der Waals surface area contributed by atoms with E-state index in [0.29, 0.717) is 24.3 Å². The highest BCUT2D eigenvalue weighted by molar-refractivity contribution is 6.32. The van der Waals surface area contributed by atoms with E-state index in [1.165, 1.54) is 0 Å². The van der Waals surface area contributed by atoms with Crippen molar-refractivity contribution in [3.8, 4) is 5.75 Å². The zero-order valence-electron chi connectivity index (χ0n) is 17.6. The van der Waals surface area contributed by atoms with Crippen LogP contribution in [0.3, 0.4) is 0 Å². The number of likely N-dealkylation sites (N-methyl/N-ethyl adjacent to an activating group) is 1. The molecule has 3 rings (SSSR count). The van der Waals surface area contributed by atoms with E-state index in [1.54, 1.807) is 24.3 Å². The van der Waals surface area contributed by atoms with Gasteiger partial charge >= 0.3 is 0 Å². The molecule has 0 aliphatic carbocycles. The summed E-state index contributed by atoms with van der Waals surface area (Å²) in [5.41, 5.74) is 2.56. The minimum atomic E-state index is -0.735. The molecule has 1 unspecified atom stereocenters. The lowest BCUT2D eigenvalue weighted by Crippen LogP contribution is -2.40. The number of nitrogens with zero attached hydrogens (tertiary/aromatic N) is 2. The molecular weight excluding hydrogens is 371 g/mol. The van der Waals surface area contributed by atoms with Crippen LogP contribution in [0, 0.1) is 0 Å². The first-order valence-electron chi connectivity index (χ1n) is 10.1. The van der Waals surface area contributed by atoms with Crippen LogP contribution in [0.25, 0.3) is 0 Å². The molecule has 0 fully saturated rings. The van der Waals surface area contributed by atoms with Gasteiger partial charge in [0.05, 0.1) is 0 Å². The largest absolute Gasteiger partial charge is 0.476 e. The van der Waals surface area contributed by atoms with Gasteiger partial charge in [-0.1, -0.05) is 78.3 Å². The molecule has 4 nitrogen and oxygen atoms in total. The van der Waals surface area contributed by atoms with Gasteiger partial charge in [0.2, 0.25) is 6.10 Å². The summed E-state index contributed by atoms with van der Waals surface area (Å²) in [4.78, 5) is 17.6. The third-order valence-corrected chi connectivity index (χ3v) is 4.81. The quantitative estimate of drug-likeness (QED) is 0.519. The number of benzene rings is 3. The first-order chi connectivity index (χ1) is 14.5. The Morgan fingerprint density at radius 2 is 1.47 bits per heavy atom. The van der Waals surface area contributed by atoms with Crippen molar-refractivity contribution in [3.63, 3.8) is 0 Å². The van der Waals surface area contributed by atoms with Crippen LogP contribution in [0.2, 0.25) is 0 Å². The van der Waals surface area contributed by atoms with E-state index in [1.807, 2.05) is 79.7 Å². The molecule has 3 aromatic carbocycles. The van der Waals surface area contributed by atoms with Gasteiger partial charge in [-0.25, -0.2) is 0 Å². The molecule has 1 amide bonds. The minimum absolute atomic E-state index is 0.0660. The predicted molar refractivity (Wildman–Crippen MR) is 122 cm³/mol. The Kier molecular flexibility index (Phi) is 7.69. The lowest BCUT2D eigenvalue weighted by atomic mass is 9.97. The zero-order valence-corrected chi connectivity index (χ0v) is 17.6. The van der Waals surface area contributed by atoms with E-state index in [2.05, 4.69) is 4.90 Å². The van der Waals surface area contributed by atoms with Crippen LogP contribution in [-0.2, 0) is 11.3 Å². The van der Waals surface area contributed by atoms with Crippen molar-refractivity contribution >= 4 is 19.2 Å². The Balaban J connectivity index is 1.89. The van der Waals surface area contributed by atoms with E-state index >= 15 is 0 Å². The Labute approximate surface area is 180 Å². The molecule has 0 aliphatic rings. The Morgan fingerprint density at radius 1 is 0.867 bits per heavy atom. The van der Waals surface area contributed by atoms with Crippen LogP contribution < -0.4 is 10.2 Å². The minimum Gasteiger partial charge on any atom is -0.476 e. The third kappa shape index (κ3) is 6.23. The second kappa shape index (κ2) is 10.7. The summed E-state index contributed by atoms with van der Waals surface area (Å²) in [5.74, 6) is 0.544. The first kappa shape index (κ1) is 21.7. The van der Waals surface area contributed by atoms with Crippen LogP contribution in [0.1, 0.15) is 17.2 Å². The average Bonchev–Trinajstić information content (AvgIpc) is 2.77. The lowest BCUT2D eigenvalue weighted by molar-refractivity contribution is -0.140. The van der Waals surface area contributed by atoms with Crippen LogP contribution in [-0.4, -0.2) is 50.7 Å². The highest BCUT2D eigenvalue weighted by Crippen LogP contribution is 2.24. The number of rotatable bonds is 9. The molecule has 2 radical (unpaired) electrons. The van der Waals surface area contributed by atoms with Gasteiger partial charge < -0.3 is 14.5 Å². The Morgan fingerprint density at radius 3 is 2.07 bits per heavy atom. The maximum atomic E-state index is 13.7.